The maximum absolute atomic E-state index is 13.1. The van der Waals surface area contributed by atoms with Gasteiger partial charge in [-0.2, -0.15) is 0 Å². The predicted molar refractivity (Wildman–Crippen MR) is 109 cm³/mol. The van der Waals surface area contributed by atoms with E-state index in [-0.39, 0.29) is 5.82 Å². The Bertz CT molecular complexity index is 1020. The second-order valence-electron chi connectivity index (χ2n) is 6.46. The summed E-state index contributed by atoms with van der Waals surface area (Å²) in [5.41, 5.74) is 1.40. The van der Waals surface area contributed by atoms with Crippen LogP contribution in [0.3, 0.4) is 0 Å². The smallest absolute Gasteiger partial charge is 0.254 e. The number of nitrogens with one attached hydrogen (secondary N) is 1. The highest BCUT2D eigenvalue weighted by Crippen LogP contribution is 2.45. The maximum Gasteiger partial charge on any atom is 0.254 e. The number of halogens is 1. The predicted octanol–water partition coefficient (Wildman–Crippen LogP) is 4.77. The number of carbonyl (C=O) groups is 1. The summed E-state index contributed by atoms with van der Waals surface area (Å²) in [5.74, 6) is 0.933. The van der Waals surface area contributed by atoms with Crippen LogP contribution in [-0.2, 0) is 4.79 Å². The average Bonchev–Trinajstić information content (AvgIpc) is 2.86. The van der Waals surface area contributed by atoms with Crippen LogP contribution >= 0.6 is 11.8 Å². The molecule has 0 aromatic heterocycles. The fourth-order valence-corrected chi connectivity index (χ4v) is 4.24. The summed E-state index contributed by atoms with van der Waals surface area (Å²) < 4.78 is 24.1. The third-order valence-corrected chi connectivity index (χ3v) is 5.89. The van der Waals surface area contributed by atoms with Crippen molar-refractivity contribution in [2.24, 2.45) is 0 Å². The lowest BCUT2D eigenvalue weighted by molar-refractivity contribution is -0.124. The summed E-state index contributed by atoms with van der Waals surface area (Å²) in [7, 11) is 1.58. The molecule has 0 aliphatic carbocycles. The zero-order valence-corrected chi connectivity index (χ0v) is 16.3. The number of methoxy groups -OCH3 is 1. The standard InChI is InChI=1S/C22H18FNO4S/c1-27-15-6-2-13(3-7-15)21-20(25)22(26)24-18-11-10-17(12-19(18)29-21)28-16-8-4-14(23)5-9-16/h2-12,20-21,25H,1H3,(H,24,26)/t20-,21+/m0/s1. The summed E-state index contributed by atoms with van der Waals surface area (Å²) in [6.45, 7) is 0. The van der Waals surface area contributed by atoms with Crippen molar-refractivity contribution >= 4 is 23.4 Å². The molecule has 0 radical (unpaired) electrons. The Kier molecular flexibility index (Phi) is 5.42. The first-order valence-electron chi connectivity index (χ1n) is 8.90. The molecule has 3 aromatic rings. The van der Waals surface area contributed by atoms with Gasteiger partial charge in [0.05, 0.1) is 18.0 Å². The van der Waals surface area contributed by atoms with E-state index in [4.69, 9.17) is 9.47 Å². The molecule has 0 bridgehead atoms. The number of rotatable bonds is 4. The summed E-state index contributed by atoms with van der Waals surface area (Å²) in [5, 5.41) is 12.8. The van der Waals surface area contributed by atoms with Gasteiger partial charge in [-0.05, 0) is 60.2 Å². The minimum Gasteiger partial charge on any atom is -0.497 e. The third-order valence-electron chi connectivity index (χ3n) is 4.51. The van der Waals surface area contributed by atoms with Gasteiger partial charge >= 0.3 is 0 Å². The van der Waals surface area contributed by atoms with Crippen molar-refractivity contribution in [3.63, 3.8) is 0 Å². The highest BCUT2D eigenvalue weighted by Gasteiger charge is 2.33. The minimum absolute atomic E-state index is 0.339. The molecule has 4 rings (SSSR count). The number of aliphatic hydroxyl groups excluding tert-OH is 1. The van der Waals surface area contributed by atoms with E-state index in [1.807, 2.05) is 12.1 Å². The Labute approximate surface area is 171 Å². The monoisotopic (exact) mass is 411 g/mol. The molecule has 2 N–H and O–H groups in total. The molecule has 1 aliphatic heterocycles. The Hall–Kier alpha value is -3.03. The molecule has 1 aliphatic rings. The van der Waals surface area contributed by atoms with E-state index in [2.05, 4.69) is 5.32 Å². The Morgan fingerprint density at radius 1 is 0.966 bits per heavy atom. The molecule has 7 heteroatoms. The summed E-state index contributed by atoms with van der Waals surface area (Å²) in [6.07, 6.45) is -1.22. The molecule has 0 saturated heterocycles. The van der Waals surface area contributed by atoms with Crippen LogP contribution in [0.25, 0.3) is 0 Å². The van der Waals surface area contributed by atoms with Gasteiger partial charge in [0.15, 0.2) is 0 Å². The van der Waals surface area contributed by atoms with E-state index in [1.165, 1.54) is 23.9 Å². The highest BCUT2D eigenvalue weighted by molar-refractivity contribution is 7.99. The van der Waals surface area contributed by atoms with Crippen LogP contribution in [0.4, 0.5) is 10.1 Å². The largest absolute Gasteiger partial charge is 0.497 e. The minimum atomic E-state index is -1.22. The Morgan fingerprint density at radius 2 is 1.62 bits per heavy atom. The molecule has 3 aromatic carbocycles. The van der Waals surface area contributed by atoms with Crippen molar-refractivity contribution in [2.45, 2.75) is 16.2 Å². The first kappa shape index (κ1) is 19.3. The quantitative estimate of drug-likeness (QED) is 0.647. The van der Waals surface area contributed by atoms with Crippen molar-refractivity contribution in [3.8, 4) is 17.2 Å². The van der Waals surface area contributed by atoms with Crippen molar-refractivity contribution in [1.29, 1.82) is 0 Å². The number of amides is 1. The van der Waals surface area contributed by atoms with Gasteiger partial charge in [0, 0.05) is 4.90 Å². The van der Waals surface area contributed by atoms with Crippen LogP contribution in [0.2, 0.25) is 0 Å². The lowest BCUT2D eigenvalue weighted by atomic mass is 10.1. The van der Waals surface area contributed by atoms with Crippen LogP contribution in [-0.4, -0.2) is 24.2 Å². The fourth-order valence-electron chi connectivity index (χ4n) is 2.99. The van der Waals surface area contributed by atoms with E-state index < -0.39 is 17.3 Å². The molecular formula is C22H18FNO4S. The first-order chi connectivity index (χ1) is 14.0. The topological polar surface area (TPSA) is 67.8 Å². The lowest BCUT2D eigenvalue weighted by Gasteiger charge is -2.19. The molecule has 0 fully saturated rings. The van der Waals surface area contributed by atoms with Gasteiger partial charge < -0.3 is 19.9 Å². The van der Waals surface area contributed by atoms with Gasteiger partial charge in [-0.25, -0.2) is 4.39 Å². The maximum atomic E-state index is 13.1. The highest BCUT2D eigenvalue weighted by atomic mass is 32.2. The molecular weight excluding hydrogens is 393 g/mol. The molecule has 29 heavy (non-hydrogen) atoms. The van der Waals surface area contributed by atoms with Crippen LogP contribution in [0.5, 0.6) is 17.2 Å². The third kappa shape index (κ3) is 4.21. The van der Waals surface area contributed by atoms with Gasteiger partial charge in [-0.15, -0.1) is 11.8 Å². The van der Waals surface area contributed by atoms with Gasteiger partial charge in [0.25, 0.3) is 5.91 Å². The van der Waals surface area contributed by atoms with Crippen molar-refractivity contribution in [2.75, 3.05) is 12.4 Å². The summed E-state index contributed by atoms with van der Waals surface area (Å²) >= 11 is 1.37. The number of anilines is 1. The molecule has 5 nitrogen and oxygen atoms in total. The number of carbonyl (C=O) groups excluding carboxylic acids is 1. The number of thioether (sulfide) groups is 1. The molecule has 2 atom stereocenters. The van der Waals surface area contributed by atoms with Crippen molar-refractivity contribution in [1.82, 2.24) is 0 Å². The lowest BCUT2D eigenvalue weighted by Crippen LogP contribution is -2.30. The molecule has 148 valence electrons. The summed E-state index contributed by atoms with van der Waals surface area (Å²) in [6, 6.07) is 18.2. The second-order valence-corrected chi connectivity index (χ2v) is 7.64. The van der Waals surface area contributed by atoms with Gasteiger partial charge in [-0.3, -0.25) is 4.79 Å². The van der Waals surface area contributed by atoms with Crippen LogP contribution in [0, 0.1) is 5.82 Å². The Morgan fingerprint density at radius 3 is 2.31 bits per heavy atom. The first-order valence-corrected chi connectivity index (χ1v) is 9.78. The summed E-state index contributed by atoms with van der Waals surface area (Å²) in [4.78, 5) is 13.2. The van der Waals surface area contributed by atoms with Crippen molar-refractivity contribution in [3.05, 3.63) is 78.1 Å². The molecule has 0 saturated carbocycles. The Balaban J connectivity index is 1.64. The normalized spacial score (nSPS) is 18.4. The van der Waals surface area contributed by atoms with E-state index in [1.54, 1.807) is 49.6 Å². The van der Waals surface area contributed by atoms with Crippen LogP contribution in [0.1, 0.15) is 10.8 Å². The number of benzene rings is 3. The van der Waals surface area contributed by atoms with Gasteiger partial charge in [0.1, 0.15) is 29.2 Å². The van der Waals surface area contributed by atoms with Crippen LogP contribution in [0.15, 0.2) is 71.6 Å². The zero-order valence-electron chi connectivity index (χ0n) is 15.5. The van der Waals surface area contributed by atoms with E-state index >= 15 is 0 Å². The second kappa shape index (κ2) is 8.14. The van der Waals surface area contributed by atoms with Crippen LogP contribution < -0.4 is 14.8 Å². The molecule has 1 heterocycles. The van der Waals surface area contributed by atoms with Gasteiger partial charge in [0.2, 0.25) is 0 Å². The van der Waals surface area contributed by atoms with E-state index in [0.29, 0.717) is 22.9 Å². The molecule has 0 spiro atoms. The number of hydrogen-bond donors (Lipinski definition) is 2. The van der Waals surface area contributed by atoms with Gasteiger partial charge in [-0.1, -0.05) is 12.1 Å². The fraction of sp³-hybridized carbons (Fsp3) is 0.136. The van der Waals surface area contributed by atoms with E-state index in [0.717, 1.165) is 10.5 Å². The molecule has 0 unspecified atom stereocenters. The van der Waals surface area contributed by atoms with Crippen molar-refractivity contribution < 1.29 is 23.8 Å². The number of fused-ring (bicyclic) bond motifs is 1. The number of ether oxygens (including phenoxy) is 2. The zero-order chi connectivity index (χ0) is 20.4. The van der Waals surface area contributed by atoms with E-state index in [9.17, 15) is 14.3 Å². The average molecular weight is 411 g/mol. The molecule has 1 amide bonds. The SMILES string of the molecule is COc1ccc([C@H]2Sc3cc(Oc4ccc(F)cc4)ccc3NC(=O)[C@H]2O)cc1. The number of hydrogen-bond acceptors (Lipinski definition) is 5. The number of aliphatic hydroxyl groups is 1.